The van der Waals surface area contributed by atoms with Gasteiger partial charge in [0.1, 0.15) is 18.1 Å². The number of nitrogens with one attached hydrogen (secondary N) is 2. The first kappa shape index (κ1) is 24.5. The first-order chi connectivity index (χ1) is 16.5. The Bertz CT molecular complexity index is 1100. The number of esters is 1. The van der Waals surface area contributed by atoms with Crippen molar-refractivity contribution in [2.75, 3.05) is 18.5 Å². The molecule has 0 aliphatic carbocycles. The molecule has 0 saturated heterocycles. The molecule has 2 N–H and O–H groups in total. The molecular weight excluding hydrogens is 438 g/mol. The quantitative estimate of drug-likeness (QED) is 0.326. The van der Waals surface area contributed by atoms with Gasteiger partial charge in [0.15, 0.2) is 5.82 Å². The Morgan fingerprint density at radius 1 is 1.06 bits per heavy atom. The van der Waals surface area contributed by atoms with Crippen molar-refractivity contribution in [1.82, 2.24) is 10.5 Å². The van der Waals surface area contributed by atoms with Gasteiger partial charge in [0, 0.05) is 17.2 Å². The third kappa shape index (κ3) is 7.19. The molecule has 0 fully saturated rings. The lowest BCUT2D eigenvalue weighted by Gasteiger charge is -2.17. The molecule has 1 unspecified atom stereocenters. The van der Waals surface area contributed by atoms with Gasteiger partial charge in [0.25, 0.3) is 11.8 Å². The van der Waals surface area contributed by atoms with Crippen LogP contribution in [0, 0.1) is 6.92 Å². The zero-order valence-corrected chi connectivity index (χ0v) is 19.1. The van der Waals surface area contributed by atoms with Gasteiger partial charge in [-0.1, -0.05) is 48.8 Å². The molecule has 9 nitrogen and oxygen atoms in total. The SMILES string of the molecule is CCCCOc1ccc(C(=O)NCC(=O)OC(C(=O)Nc2cc(C)on2)c2ccccc2)cc1. The van der Waals surface area contributed by atoms with Crippen LogP contribution in [0.5, 0.6) is 5.75 Å². The van der Waals surface area contributed by atoms with Gasteiger partial charge in [-0.3, -0.25) is 14.4 Å². The summed E-state index contributed by atoms with van der Waals surface area (Å²) in [5, 5.41) is 8.78. The highest BCUT2D eigenvalue weighted by atomic mass is 16.5. The van der Waals surface area contributed by atoms with Crippen LogP contribution in [0.15, 0.2) is 65.2 Å². The smallest absolute Gasteiger partial charge is 0.326 e. The van der Waals surface area contributed by atoms with Crippen LogP contribution in [0.1, 0.15) is 47.6 Å². The van der Waals surface area contributed by atoms with Crippen LogP contribution in [0.2, 0.25) is 0 Å². The highest BCUT2D eigenvalue weighted by Crippen LogP contribution is 2.20. The molecule has 34 heavy (non-hydrogen) atoms. The van der Waals surface area contributed by atoms with Gasteiger partial charge in [0.05, 0.1) is 6.61 Å². The Morgan fingerprint density at radius 3 is 2.44 bits per heavy atom. The largest absolute Gasteiger partial charge is 0.494 e. The van der Waals surface area contributed by atoms with E-state index in [0.29, 0.717) is 29.2 Å². The first-order valence-electron chi connectivity index (χ1n) is 11.0. The number of rotatable bonds is 11. The van der Waals surface area contributed by atoms with Crippen molar-refractivity contribution in [2.24, 2.45) is 0 Å². The number of carbonyl (C=O) groups excluding carboxylic acids is 3. The number of hydrogen-bond donors (Lipinski definition) is 2. The van der Waals surface area contributed by atoms with Crippen molar-refractivity contribution in [3.05, 3.63) is 77.6 Å². The lowest BCUT2D eigenvalue weighted by Crippen LogP contribution is -2.33. The monoisotopic (exact) mass is 465 g/mol. The van der Waals surface area contributed by atoms with Crippen molar-refractivity contribution in [2.45, 2.75) is 32.8 Å². The fourth-order valence-corrected chi connectivity index (χ4v) is 2.98. The summed E-state index contributed by atoms with van der Waals surface area (Å²) in [6, 6.07) is 16.7. The lowest BCUT2D eigenvalue weighted by molar-refractivity contribution is -0.153. The van der Waals surface area contributed by atoms with Crippen molar-refractivity contribution < 1.29 is 28.4 Å². The topological polar surface area (TPSA) is 120 Å². The van der Waals surface area contributed by atoms with Crippen LogP contribution in [0.25, 0.3) is 0 Å². The van der Waals surface area contributed by atoms with Crippen LogP contribution in [0.4, 0.5) is 5.82 Å². The van der Waals surface area contributed by atoms with Crippen LogP contribution in [-0.2, 0) is 14.3 Å². The predicted molar refractivity (Wildman–Crippen MR) is 124 cm³/mol. The number of ether oxygens (including phenoxy) is 2. The molecule has 2 aromatic carbocycles. The number of amides is 2. The average Bonchev–Trinajstić information content (AvgIpc) is 3.26. The molecule has 0 radical (unpaired) electrons. The van der Waals surface area contributed by atoms with Crippen LogP contribution < -0.4 is 15.4 Å². The van der Waals surface area contributed by atoms with Crippen molar-refractivity contribution in [3.8, 4) is 5.75 Å². The van der Waals surface area contributed by atoms with E-state index in [1.165, 1.54) is 0 Å². The third-order valence-corrected chi connectivity index (χ3v) is 4.75. The van der Waals surface area contributed by atoms with Gasteiger partial charge in [-0.2, -0.15) is 0 Å². The van der Waals surface area contributed by atoms with Gasteiger partial charge >= 0.3 is 5.97 Å². The summed E-state index contributed by atoms with van der Waals surface area (Å²) in [5.74, 6) is -0.424. The standard InChI is InChI=1S/C25H27N3O6/c1-3-4-14-32-20-12-10-19(11-13-20)24(30)26-16-22(29)33-23(18-8-6-5-7-9-18)25(31)27-21-15-17(2)34-28-21/h5-13,15,23H,3-4,14,16H2,1-2H3,(H,26,30)(H,27,28,31). The number of hydrogen-bond acceptors (Lipinski definition) is 7. The molecule has 1 aromatic heterocycles. The maximum absolute atomic E-state index is 12.8. The third-order valence-electron chi connectivity index (χ3n) is 4.75. The number of unbranched alkanes of at least 4 members (excludes halogenated alkanes) is 1. The fourth-order valence-electron chi connectivity index (χ4n) is 2.98. The highest BCUT2D eigenvalue weighted by molar-refractivity contribution is 5.97. The Labute approximate surface area is 197 Å². The summed E-state index contributed by atoms with van der Waals surface area (Å²) >= 11 is 0. The van der Waals surface area contributed by atoms with E-state index in [2.05, 4.69) is 22.7 Å². The van der Waals surface area contributed by atoms with E-state index >= 15 is 0 Å². The highest BCUT2D eigenvalue weighted by Gasteiger charge is 2.26. The Balaban J connectivity index is 1.57. The van der Waals surface area contributed by atoms with E-state index < -0.39 is 30.4 Å². The molecule has 9 heteroatoms. The minimum atomic E-state index is -1.23. The molecule has 1 heterocycles. The molecular formula is C25H27N3O6. The molecule has 1 atom stereocenters. The molecule has 0 saturated carbocycles. The first-order valence-corrected chi connectivity index (χ1v) is 11.0. The van der Waals surface area contributed by atoms with Crippen LogP contribution in [-0.4, -0.2) is 36.1 Å². The number of nitrogens with zero attached hydrogens (tertiary/aromatic N) is 1. The van der Waals surface area contributed by atoms with Crippen molar-refractivity contribution in [3.63, 3.8) is 0 Å². The Morgan fingerprint density at radius 2 is 1.79 bits per heavy atom. The summed E-state index contributed by atoms with van der Waals surface area (Å²) in [4.78, 5) is 37.6. The zero-order chi connectivity index (χ0) is 24.3. The van der Waals surface area contributed by atoms with Crippen molar-refractivity contribution in [1.29, 1.82) is 0 Å². The average molecular weight is 466 g/mol. The molecule has 3 aromatic rings. The van der Waals surface area contributed by atoms with E-state index in [-0.39, 0.29) is 5.82 Å². The number of anilines is 1. The number of aromatic nitrogens is 1. The molecule has 0 aliphatic heterocycles. The van der Waals surface area contributed by atoms with E-state index in [1.807, 2.05) is 0 Å². The fraction of sp³-hybridized carbons (Fsp3) is 0.280. The maximum atomic E-state index is 12.8. The van der Waals surface area contributed by atoms with Gasteiger partial charge in [0.2, 0.25) is 6.10 Å². The van der Waals surface area contributed by atoms with E-state index in [4.69, 9.17) is 14.0 Å². The Kier molecular flexibility index (Phi) is 8.79. The second-order valence-corrected chi connectivity index (χ2v) is 7.50. The van der Waals surface area contributed by atoms with Crippen molar-refractivity contribution >= 4 is 23.6 Å². The molecule has 2 amide bonds. The maximum Gasteiger partial charge on any atom is 0.326 e. The van der Waals surface area contributed by atoms with Gasteiger partial charge < -0.3 is 24.6 Å². The van der Waals surface area contributed by atoms with Gasteiger partial charge in [-0.05, 0) is 37.6 Å². The lowest BCUT2D eigenvalue weighted by atomic mass is 10.1. The van der Waals surface area contributed by atoms with Crippen LogP contribution in [0.3, 0.4) is 0 Å². The summed E-state index contributed by atoms with van der Waals surface area (Å²) in [7, 11) is 0. The Hall–Kier alpha value is -4.14. The van der Waals surface area contributed by atoms with E-state index in [0.717, 1.165) is 12.8 Å². The second kappa shape index (κ2) is 12.2. The minimum absolute atomic E-state index is 0.204. The summed E-state index contributed by atoms with van der Waals surface area (Å²) in [6.45, 7) is 3.97. The van der Waals surface area contributed by atoms with Gasteiger partial charge in [-0.25, -0.2) is 0 Å². The molecule has 178 valence electrons. The zero-order valence-electron chi connectivity index (χ0n) is 19.1. The number of benzene rings is 2. The predicted octanol–water partition coefficient (Wildman–Crippen LogP) is 3.81. The summed E-state index contributed by atoms with van der Waals surface area (Å²) < 4.78 is 15.9. The number of aryl methyl sites for hydroxylation is 1. The molecule has 3 rings (SSSR count). The van der Waals surface area contributed by atoms with Crippen LogP contribution >= 0.6 is 0 Å². The van der Waals surface area contributed by atoms with E-state index in [1.54, 1.807) is 67.6 Å². The van der Waals surface area contributed by atoms with Gasteiger partial charge in [-0.15, -0.1) is 0 Å². The second-order valence-electron chi connectivity index (χ2n) is 7.50. The summed E-state index contributed by atoms with van der Waals surface area (Å²) in [5.41, 5.74) is 0.841. The molecule has 0 spiro atoms. The molecule has 0 aliphatic rings. The minimum Gasteiger partial charge on any atom is -0.494 e. The number of carbonyl (C=O) groups is 3. The summed E-state index contributed by atoms with van der Waals surface area (Å²) in [6.07, 6.45) is 0.746. The van der Waals surface area contributed by atoms with E-state index in [9.17, 15) is 14.4 Å². The normalized spacial score (nSPS) is 11.4. The molecule has 0 bridgehead atoms.